The molecule has 8 nitrogen and oxygen atoms in total. The summed E-state index contributed by atoms with van der Waals surface area (Å²) in [5.74, 6) is 0.963. The van der Waals surface area contributed by atoms with E-state index in [1.54, 1.807) is 12.4 Å². The molecule has 0 spiro atoms. The van der Waals surface area contributed by atoms with Crippen molar-refractivity contribution in [1.29, 1.82) is 0 Å². The van der Waals surface area contributed by atoms with Crippen LogP contribution < -0.4 is 10.9 Å². The Morgan fingerprint density at radius 1 is 1.16 bits per heavy atom. The van der Waals surface area contributed by atoms with Gasteiger partial charge in [-0.05, 0) is 106 Å². The molecule has 1 aromatic carbocycles. The standard InChI is InChI=1S/C29H33N5O3S/c1-18-14-24(6-7-25(18)21-9-12-34(13-10-21)17-20(3)38(36)37)32-28-27-22(8-11-30-29(27)35)15-26(33-28)23-5-4-19(2)31-16-23/h4-8,11,14-16,20-21H,9-10,12-13,17H2,1-3H3,(H,30,35)(H,32,33)(H,36,37). The predicted molar refractivity (Wildman–Crippen MR) is 153 cm³/mol. The first-order valence-corrected chi connectivity index (χ1v) is 14.1. The molecule has 0 radical (unpaired) electrons. The van der Waals surface area contributed by atoms with Crippen molar-refractivity contribution >= 4 is 33.4 Å². The first-order valence-electron chi connectivity index (χ1n) is 12.9. The molecule has 0 bridgehead atoms. The Morgan fingerprint density at radius 2 is 1.95 bits per heavy atom. The number of benzene rings is 1. The van der Waals surface area contributed by atoms with Crippen LogP contribution in [0, 0.1) is 13.8 Å². The molecule has 0 amide bonds. The first kappa shape index (κ1) is 26.2. The third-order valence-corrected chi connectivity index (χ3v) is 8.22. The van der Waals surface area contributed by atoms with Crippen LogP contribution in [0.15, 0.2) is 59.7 Å². The molecule has 0 saturated carbocycles. The molecule has 1 fully saturated rings. The lowest BCUT2D eigenvalue weighted by Gasteiger charge is -2.33. The van der Waals surface area contributed by atoms with E-state index in [4.69, 9.17) is 4.98 Å². The first-order chi connectivity index (χ1) is 18.3. The maximum atomic E-state index is 12.8. The maximum absolute atomic E-state index is 12.8. The van der Waals surface area contributed by atoms with E-state index < -0.39 is 11.1 Å². The van der Waals surface area contributed by atoms with Gasteiger partial charge in [-0.3, -0.25) is 9.78 Å². The SMILES string of the molecule is Cc1ccc(-c2cc3cc[nH]c(=O)c3c(Nc3ccc(C4CCN(CC(C)S(=O)O)CC4)c(C)c3)n2)cn1. The number of aromatic amines is 1. The van der Waals surface area contributed by atoms with Crippen LogP contribution in [-0.2, 0) is 11.1 Å². The van der Waals surface area contributed by atoms with Crippen LogP contribution in [0.4, 0.5) is 11.5 Å². The molecule has 4 aromatic rings. The molecule has 0 aliphatic carbocycles. The minimum absolute atomic E-state index is 0.189. The lowest BCUT2D eigenvalue weighted by molar-refractivity contribution is 0.213. The molecule has 1 aliphatic heterocycles. The Hall–Kier alpha value is -3.40. The zero-order chi connectivity index (χ0) is 26.8. The van der Waals surface area contributed by atoms with Crippen molar-refractivity contribution in [2.24, 2.45) is 0 Å². The number of nitrogens with one attached hydrogen (secondary N) is 2. The van der Waals surface area contributed by atoms with Crippen LogP contribution in [0.25, 0.3) is 22.0 Å². The number of rotatable bonds is 7. The van der Waals surface area contributed by atoms with Crippen molar-refractivity contribution in [2.75, 3.05) is 25.0 Å². The fourth-order valence-corrected chi connectivity index (χ4v) is 5.61. The fourth-order valence-electron chi connectivity index (χ4n) is 5.27. The van der Waals surface area contributed by atoms with E-state index in [-0.39, 0.29) is 10.8 Å². The molecule has 1 aliphatic rings. The molecule has 3 aromatic heterocycles. The third-order valence-electron chi connectivity index (χ3n) is 7.38. The second kappa shape index (κ2) is 11.1. The number of pyridine rings is 3. The number of aryl methyl sites for hydroxylation is 2. The molecule has 4 heterocycles. The summed E-state index contributed by atoms with van der Waals surface area (Å²) in [5, 5.41) is 4.49. The highest BCUT2D eigenvalue weighted by Crippen LogP contribution is 2.33. The Morgan fingerprint density at radius 3 is 2.63 bits per heavy atom. The molecule has 1 saturated heterocycles. The van der Waals surface area contributed by atoms with Gasteiger partial charge in [-0.1, -0.05) is 6.07 Å². The summed E-state index contributed by atoms with van der Waals surface area (Å²) in [6, 6.07) is 14.1. The quantitative estimate of drug-likeness (QED) is 0.283. The summed E-state index contributed by atoms with van der Waals surface area (Å²) in [7, 11) is 0. The molecule has 2 unspecified atom stereocenters. The summed E-state index contributed by atoms with van der Waals surface area (Å²) < 4.78 is 20.6. The number of fused-ring (bicyclic) bond motifs is 1. The number of H-pyrrole nitrogens is 1. The Labute approximate surface area is 224 Å². The summed E-state index contributed by atoms with van der Waals surface area (Å²) in [6.45, 7) is 8.37. The van der Waals surface area contributed by atoms with Crippen molar-refractivity contribution in [2.45, 2.75) is 44.8 Å². The van der Waals surface area contributed by atoms with E-state index >= 15 is 0 Å². The van der Waals surface area contributed by atoms with Gasteiger partial charge >= 0.3 is 0 Å². The number of likely N-dealkylation sites (tertiary alicyclic amines) is 1. The van der Waals surface area contributed by atoms with Crippen LogP contribution >= 0.6 is 0 Å². The highest BCUT2D eigenvalue weighted by atomic mass is 32.2. The van der Waals surface area contributed by atoms with E-state index in [2.05, 4.69) is 45.3 Å². The van der Waals surface area contributed by atoms with Crippen LogP contribution in [-0.4, -0.2) is 53.5 Å². The predicted octanol–water partition coefficient (Wildman–Crippen LogP) is 5.14. The summed E-state index contributed by atoms with van der Waals surface area (Å²) in [5.41, 5.74) is 5.77. The molecule has 2 atom stereocenters. The van der Waals surface area contributed by atoms with Gasteiger partial charge in [-0.2, -0.15) is 0 Å². The Bertz CT molecular complexity index is 1530. The van der Waals surface area contributed by atoms with E-state index in [9.17, 15) is 13.6 Å². The average molecular weight is 532 g/mol. The third kappa shape index (κ3) is 5.70. The zero-order valence-corrected chi connectivity index (χ0v) is 22.7. The number of hydrogen-bond acceptors (Lipinski definition) is 6. The Kier molecular flexibility index (Phi) is 7.69. The van der Waals surface area contributed by atoms with E-state index in [1.165, 1.54) is 11.1 Å². The highest BCUT2D eigenvalue weighted by Gasteiger charge is 2.24. The van der Waals surface area contributed by atoms with E-state index in [1.807, 2.05) is 38.1 Å². The van der Waals surface area contributed by atoms with Gasteiger partial charge in [-0.25, -0.2) is 9.19 Å². The molecule has 38 heavy (non-hydrogen) atoms. The van der Waals surface area contributed by atoms with Crippen LogP contribution in [0.2, 0.25) is 0 Å². The summed E-state index contributed by atoms with van der Waals surface area (Å²) in [4.78, 5) is 27.0. The molecule has 3 N–H and O–H groups in total. The number of nitrogens with zero attached hydrogens (tertiary/aromatic N) is 3. The smallest absolute Gasteiger partial charge is 0.259 e. The van der Waals surface area contributed by atoms with Crippen molar-refractivity contribution < 1.29 is 8.76 Å². The highest BCUT2D eigenvalue weighted by molar-refractivity contribution is 7.79. The van der Waals surface area contributed by atoms with Crippen LogP contribution in [0.3, 0.4) is 0 Å². The fraction of sp³-hybridized carbons (Fsp3) is 0.345. The van der Waals surface area contributed by atoms with Crippen molar-refractivity contribution in [1.82, 2.24) is 19.9 Å². The monoisotopic (exact) mass is 531 g/mol. The van der Waals surface area contributed by atoms with E-state index in [0.29, 0.717) is 23.7 Å². The van der Waals surface area contributed by atoms with Crippen molar-refractivity contribution in [3.63, 3.8) is 0 Å². The van der Waals surface area contributed by atoms with Gasteiger partial charge in [0, 0.05) is 35.9 Å². The number of hydrogen-bond donors (Lipinski definition) is 3. The van der Waals surface area contributed by atoms with Gasteiger partial charge in [0.25, 0.3) is 5.56 Å². The molecule has 198 valence electrons. The van der Waals surface area contributed by atoms with Crippen molar-refractivity contribution in [3.8, 4) is 11.3 Å². The number of piperidine rings is 1. The topological polar surface area (TPSA) is 111 Å². The summed E-state index contributed by atoms with van der Waals surface area (Å²) >= 11 is -1.78. The minimum Gasteiger partial charge on any atom is -0.340 e. The van der Waals surface area contributed by atoms with Gasteiger partial charge in [0.15, 0.2) is 11.1 Å². The summed E-state index contributed by atoms with van der Waals surface area (Å²) in [6.07, 6.45) is 5.49. The lowest BCUT2D eigenvalue weighted by Crippen LogP contribution is -2.38. The molecular formula is C29H33N5O3S. The average Bonchev–Trinajstić information content (AvgIpc) is 2.89. The number of anilines is 2. The maximum Gasteiger partial charge on any atom is 0.259 e. The minimum atomic E-state index is -1.78. The van der Waals surface area contributed by atoms with Gasteiger partial charge < -0.3 is 19.8 Å². The molecular weight excluding hydrogens is 498 g/mol. The molecule has 9 heteroatoms. The lowest BCUT2D eigenvalue weighted by atomic mass is 9.86. The largest absolute Gasteiger partial charge is 0.340 e. The van der Waals surface area contributed by atoms with Crippen LogP contribution in [0.5, 0.6) is 0 Å². The second-order valence-corrected chi connectivity index (χ2v) is 11.5. The van der Waals surface area contributed by atoms with Gasteiger partial charge in [0.05, 0.1) is 16.3 Å². The zero-order valence-electron chi connectivity index (χ0n) is 21.9. The normalized spacial score (nSPS) is 16.4. The Balaban J connectivity index is 1.38. The van der Waals surface area contributed by atoms with Gasteiger partial charge in [0.2, 0.25) is 0 Å². The van der Waals surface area contributed by atoms with Crippen LogP contribution in [0.1, 0.15) is 42.5 Å². The number of aromatic nitrogens is 3. The van der Waals surface area contributed by atoms with Gasteiger partial charge in [0.1, 0.15) is 5.82 Å². The van der Waals surface area contributed by atoms with Crippen molar-refractivity contribution in [3.05, 3.63) is 82.0 Å². The molecule has 5 rings (SSSR count). The van der Waals surface area contributed by atoms with Gasteiger partial charge in [-0.15, -0.1) is 0 Å². The second-order valence-electron chi connectivity index (χ2n) is 10.2. The van der Waals surface area contributed by atoms with E-state index in [0.717, 1.165) is 54.0 Å².